The van der Waals surface area contributed by atoms with Gasteiger partial charge in [-0.25, -0.2) is 0 Å². The van der Waals surface area contributed by atoms with Crippen molar-refractivity contribution in [1.82, 2.24) is 4.90 Å². The van der Waals surface area contributed by atoms with Gasteiger partial charge >= 0.3 is 0 Å². The normalized spacial score (nSPS) is 21.2. The van der Waals surface area contributed by atoms with Crippen LogP contribution in [0.1, 0.15) is 19.8 Å². The third-order valence-corrected chi connectivity index (χ3v) is 3.78. The molecule has 1 fully saturated rings. The van der Waals surface area contributed by atoms with E-state index in [9.17, 15) is 0 Å². The van der Waals surface area contributed by atoms with Gasteiger partial charge in [-0.3, -0.25) is 4.90 Å². The Labute approximate surface area is 97.7 Å². The van der Waals surface area contributed by atoms with Gasteiger partial charge < -0.3 is 10.5 Å². The van der Waals surface area contributed by atoms with Crippen molar-refractivity contribution in [3.05, 3.63) is 0 Å². The minimum Gasteiger partial charge on any atom is -0.380 e. The van der Waals surface area contributed by atoms with Gasteiger partial charge in [-0.2, -0.15) is 11.8 Å². The Kier molecular flexibility index (Phi) is 7.44. The molecule has 0 aromatic carbocycles. The molecule has 0 amide bonds. The summed E-state index contributed by atoms with van der Waals surface area (Å²) in [5, 5.41) is 0. The molecule has 15 heavy (non-hydrogen) atoms. The van der Waals surface area contributed by atoms with Gasteiger partial charge in [-0.15, -0.1) is 0 Å². The molecule has 2 N–H and O–H groups in total. The molecule has 90 valence electrons. The molecule has 0 aromatic rings. The van der Waals surface area contributed by atoms with E-state index in [4.69, 9.17) is 10.5 Å². The molecule has 0 saturated carbocycles. The highest BCUT2D eigenvalue weighted by atomic mass is 32.2. The van der Waals surface area contributed by atoms with Gasteiger partial charge in [0.2, 0.25) is 0 Å². The van der Waals surface area contributed by atoms with Crippen LogP contribution in [0.5, 0.6) is 0 Å². The first-order chi connectivity index (χ1) is 7.38. The maximum absolute atomic E-state index is 5.85. The fourth-order valence-corrected chi connectivity index (χ4v) is 2.67. The van der Waals surface area contributed by atoms with Crippen LogP contribution < -0.4 is 5.73 Å². The number of hydrogen-bond donors (Lipinski definition) is 1. The van der Waals surface area contributed by atoms with Crippen LogP contribution in [0.3, 0.4) is 0 Å². The molecule has 1 saturated heterocycles. The Balaban J connectivity index is 2.27. The fraction of sp³-hybridized carbons (Fsp3) is 1.00. The average Bonchev–Trinajstić information content (AvgIpc) is 2.53. The van der Waals surface area contributed by atoms with Crippen LogP contribution in [-0.4, -0.2) is 55.3 Å². The maximum Gasteiger partial charge on any atom is 0.0593 e. The number of rotatable bonds is 6. The monoisotopic (exact) mass is 232 g/mol. The third-order valence-electron chi connectivity index (χ3n) is 2.84. The second-order valence-electron chi connectivity index (χ2n) is 3.88. The van der Waals surface area contributed by atoms with Crippen molar-refractivity contribution in [2.24, 2.45) is 5.73 Å². The molecule has 1 atom stereocenters. The van der Waals surface area contributed by atoms with Crippen LogP contribution in [-0.2, 0) is 4.74 Å². The first-order valence-electron chi connectivity index (χ1n) is 5.98. The summed E-state index contributed by atoms with van der Waals surface area (Å²) in [5.74, 6) is 2.44. The Morgan fingerprint density at radius 3 is 3.00 bits per heavy atom. The van der Waals surface area contributed by atoms with Gasteiger partial charge in [-0.1, -0.05) is 6.92 Å². The van der Waals surface area contributed by atoms with E-state index in [0.717, 1.165) is 39.3 Å². The first-order valence-corrected chi connectivity index (χ1v) is 7.13. The standard InChI is InChI=1S/C11H24N2OS/c1-2-15-9-4-11(10-12)13-5-3-7-14-8-6-13/h11H,2-10,12H2,1H3. The molecule has 0 spiro atoms. The summed E-state index contributed by atoms with van der Waals surface area (Å²) >= 11 is 2.01. The van der Waals surface area contributed by atoms with Gasteiger partial charge in [0.15, 0.2) is 0 Å². The Morgan fingerprint density at radius 1 is 1.40 bits per heavy atom. The molecule has 1 heterocycles. The maximum atomic E-state index is 5.85. The predicted molar refractivity (Wildman–Crippen MR) is 67.5 cm³/mol. The molecule has 3 nitrogen and oxygen atoms in total. The number of nitrogens with two attached hydrogens (primary N) is 1. The first kappa shape index (κ1) is 13.3. The lowest BCUT2D eigenvalue weighted by Gasteiger charge is -2.29. The highest BCUT2D eigenvalue weighted by Crippen LogP contribution is 2.11. The Bertz CT molecular complexity index is 150. The number of nitrogens with zero attached hydrogens (tertiary/aromatic N) is 1. The van der Waals surface area contributed by atoms with Crippen LogP contribution in [0.25, 0.3) is 0 Å². The lowest BCUT2D eigenvalue weighted by Crippen LogP contribution is -2.42. The van der Waals surface area contributed by atoms with Crippen molar-refractivity contribution in [2.45, 2.75) is 25.8 Å². The van der Waals surface area contributed by atoms with E-state index >= 15 is 0 Å². The molecular weight excluding hydrogens is 208 g/mol. The van der Waals surface area contributed by atoms with Crippen molar-refractivity contribution >= 4 is 11.8 Å². The zero-order chi connectivity index (χ0) is 10.9. The van der Waals surface area contributed by atoms with Gasteiger partial charge in [0.05, 0.1) is 6.61 Å². The number of thioether (sulfide) groups is 1. The average molecular weight is 232 g/mol. The van der Waals surface area contributed by atoms with Gasteiger partial charge in [-0.05, 0) is 24.3 Å². The van der Waals surface area contributed by atoms with Crippen LogP contribution in [0, 0.1) is 0 Å². The highest BCUT2D eigenvalue weighted by Gasteiger charge is 2.17. The smallest absolute Gasteiger partial charge is 0.0593 e. The minimum absolute atomic E-state index is 0.561. The lowest BCUT2D eigenvalue weighted by molar-refractivity contribution is 0.132. The summed E-state index contributed by atoms with van der Waals surface area (Å²) in [6.07, 6.45) is 2.37. The molecule has 0 radical (unpaired) electrons. The van der Waals surface area contributed by atoms with Crippen molar-refractivity contribution in [3.63, 3.8) is 0 Å². The topological polar surface area (TPSA) is 38.5 Å². The van der Waals surface area contributed by atoms with Crippen molar-refractivity contribution in [3.8, 4) is 0 Å². The molecular formula is C11H24N2OS. The van der Waals surface area contributed by atoms with Crippen molar-refractivity contribution in [1.29, 1.82) is 0 Å². The van der Waals surface area contributed by atoms with Crippen LogP contribution in [0.4, 0.5) is 0 Å². The van der Waals surface area contributed by atoms with Gasteiger partial charge in [0.1, 0.15) is 0 Å². The van der Waals surface area contributed by atoms with Crippen LogP contribution in [0.15, 0.2) is 0 Å². The zero-order valence-electron chi connectivity index (χ0n) is 9.78. The van der Waals surface area contributed by atoms with E-state index in [2.05, 4.69) is 11.8 Å². The Hall–Kier alpha value is 0.230. The van der Waals surface area contributed by atoms with E-state index < -0.39 is 0 Å². The lowest BCUT2D eigenvalue weighted by atomic mass is 10.2. The summed E-state index contributed by atoms with van der Waals surface area (Å²) in [4.78, 5) is 2.50. The van der Waals surface area contributed by atoms with E-state index in [1.165, 1.54) is 17.9 Å². The van der Waals surface area contributed by atoms with Crippen LogP contribution >= 0.6 is 11.8 Å². The molecule has 0 aliphatic carbocycles. The van der Waals surface area contributed by atoms with Gasteiger partial charge in [0, 0.05) is 32.3 Å². The quantitative estimate of drug-likeness (QED) is 0.698. The largest absolute Gasteiger partial charge is 0.380 e. The predicted octanol–water partition coefficient (Wildman–Crippen LogP) is 1.18. The van der Waals surface area contributed by atoms with E-state index in [1.807, 2.05) is 11.8 Å². The van der Waals surface area contributed by atoms with E-state index in [-0.39, 0.29) is 0 Å². The SMILES string of the molecule is CCSCCC(CN)N1CCCOCC1. The number of ether oxygens (including phenoxy) is 1. The molecule has 1 aliphatic heterocycles. The molecule has 1 rings (SSSR count). The molecule has 0 bridgehead atoms. The summed E-state index contributed by atoms with van der Waals surface area (Å²) in [5.41, 5.74) is 5.85. The second kappa shape index (κ2) is 8.39. The van der Waals surface area contributed by atoms with E-state index in [1.54, 1.807) is 0 Å². The van der Waals surface area contributed by atoms with Crippen molar-refractivity contribution in [2.75, 3.05) is 44.4 Å². The van der Waals surface area contributed by atoms with Crippen molar-refractivity contribution < 1.29 is 4.74 Å². The second-order valence-corrected chi connectivity index (χ2v) is 5.27. The molecule has 0 aromatic heterocycles. The Morgan fingerprint density at radius 2 is 2.27 bits per heavy atom. The van der Waals surface area contributed by atoms with Crippen LogP contribution in [0.2, 0.25) is 0 Å². The summed E-state index contributed by atoms with van der Waals surface area (Å²) in [7, 11) is 0. The minimum atomic E-state index is 0.561. The zero-order valence-corrected chi connectivity index (χ0v) is 10.6. The summed E-state index contributed by atoms with van der Waals surface area (Å²) < 4.78 is 5.46. The summed E-state index contributed by atoms with van der Waals surface area (Å²) in [6.45, 7) is 6.98. The van der Waals surface area contributed by atoms with E-state index in [0.29, 0.717) is 6.04 Å². The summed E-state index contributed by atoms with van der Waals surface area (Å²) in [6, 6.07) is 0.561. The molecule has 1 unspecified atom stereocenters. The molecule has 1 aliphatic rings. The molecule has 4 heteroatoms. The fourth-order valence-electron chi connectivity index (χ4n) is 1.94. The van der Waals surface area contributed by atoms with Gasteiger partial charge in [0.25, 0.3) is 0 Å². The highest BCUT2D eigenvalue weighted by molar-refractivity contribution is 7.99. The number of hydrogen-bond acceptors (Lipinski definition) is 4. The third kappa shape index (κ3) is 5.20.